The van der Waals surface area contributed by atoms with Gasteiger partial charge in [-0.25, -0.2) is 4.98 Å². The molecule has 0 unspecified atom stereocenters. The molecule has 2 rings (SSSR count). The second-order valence-corrected chi connectivity index (χ2v) is 4.84. The van der Waals surface area contributed by atoms with E-state index in [1.807, 2.05) is 0 Å². The zero-order valence-corrected chi connectivity index (χ0v) is 12.2. The normalized spacial score (nSPS) is 10.8. The number of rotatable bonds is 4. The molecule has 9 heteroatoms. The van der Waals surface area contributed by atoms with Crippen LogP contribution < -0.4 is 15.8 Å². The van der Waals surface area contributed by atoms with Gasteiger partial charge in [0.15, 0.2) is 5.75 Å². The van der Waals surface area contributed by atoms with E-state index in [1.54, 1.807) is 13.0 Å². The van der Waals surface area contributed by atoms with Crippen molar-refractivity contribution in [2.24, 2.45) is 0 Å². The van der Waals surface area contributed by atoms with Gasteiger partial charge in [0, 0.05) is 17.4 Å². The van der Waals surface area contributed by atoms with E-state index in [0.717, 1.165) is 0 Å². The van der Waals surface area contributed by atoms with E-state index in [2.05, 4.69) is 20.0 Å². The second kappa shape index (κ2) is 6.28. The summed E-state index contributed by atoms with van der Waals surface area (Å²) in [5, 5.41) is 2.80. The average Bonchev–Trinajstić information content (AvgIpc) is 2.32. The summed E-state index contributed by atoms with van der Waals surface area (Å²) in [5.41, 5.74) is 6.65. The summed E-state index contributed by atoms with van der Waals surface area (Å²) in [6.07, 6.45) is 0. The van der Waals surface area contributed by atoms with Crippen molar-refractivity contribution in [2.75, 3.05) is 11.1 Å². The van der Waals surface area contributed by atoms with Crippen molar-refractivity contribution in [3.63, 3.8) is 0 Å². The van der Waals surface area contributed by atoms with Crippen LogP contribution in [0, 0.1) is 6.92 Å². The Balaban J connectivity index is 2.29. The summed E-state index contributed by atoms with van der Waals surface area (Å²) in [6.45, 7) is -1.26. The minimum atomic E-state index is -3.01. The zero-order chi connectivity index (χ0) is 15.6. The number of aryl methyl sites for hydroxylation is 1. The van der Waals surface area contributed by atoms with E-state index >= 15 is 0 Å². The van der Waals surface area contributed by atoms with Crippen molar-refractivity contribution in [1.29, 1.82) is 0 Å². The predicted octanol–water partition coefficient (Wildman–Crippen LogP) is 4.02. The first-order valence-corrected chi connectivity index (χ1v) is 6.43. The van der Waals surface area contributed by atoms with Crippen LogP contribution in [0.3, 0.4) is 0 Å². The Morgan fingerprint density at radius 3 is 2.33 bits per heavy atom. The highest BCUT2D eigenvalue weighted by Crippen LogP contribution is 2.37. The second-order valence-electron chi connectivity index (χ2n) is 4.03. The molecule has 3 N–H and O–H groups in total. The highest BCUT2D eigenvalue weighted by atomic mass is 35.5. The van der Waals surface area contributed by atoms with Gasteiger partial charge in [-0.2, -0.15) is 13.8 Å². The van der Waals surface area contributed by atoms with Crippen molar-refractivity contribution in [3.8, 4) is 5.75 Å². The molecule has 112 valence electrons. The smallest absolute Gasteiger partial charge is 0.387 e. The molecule has 0 amide bonds. The molecule has 0 aliphatic rings. The zero-order valence-electron chi connectivity index (χ0n) is 10.7. The number of hydrogen-bond acceptors (Lipinski definition) is 5. The molecule has 1 aromatic heterocycles. The molecule has 0 radical (unpaired) electrons. The third-order valence-electron chi connectivity index (χ3n) is 2.35. The number of nitrogen functional groups attached to an aromatic ring is 1. The molecule has 2 aromatic rings. The number of anilines is 3. The molecule has 0 aliphatic carbocycles. The molecule has 0 saturated heterocycles. The van der Waals surface area contributed by atoms with Crippen LogP contribution in [0.2, 0.25) is 10.0 Å². The quantitative estimate of drug-likeness (QED) is 0.883. The number of alkyl halides is 2. The number of nitrogens with two attached hydrogens (primary N) is 1. The fourth-order valence-corrected chi connectivity index (χ4v) is 2.21. The van der Waals surface area contributed by atoms with Crippen molar-refractivity contribution in [2.45, 2.75) is 13.5 Å². The van der Waals surface area contributed by atoms with Crippen molar-refractivity contribution >= 4 is 40.7 Å². The lowest BCUT2D eigenvalue weighted by atomic mass is 10.3. The monoisotopic (exact) mass is 334 g/mol. The molecule has 0 aliphatic heterocycles. The summed E-state index contributed by atoms with van der Waals surface area (Å²) < 4.78 is 28.7. The minimum Gasteiger partial charge on any atom is -0.432 e. The molecule has 1 heterocycles. The summed E-state index contributed by atoms with van der Waals surface area (Å²) in [5.74, 6) is 0.249. The predicted molar refractivity (Wildman–Crippen MR) is 77.6 cm³/mol. The van der Waals surface area contributed by atoms with E-state index < -0.39 is 6.61 Å². The number of nitrogens with zero attached hydrogens (tertiary/aromatic N) is 2. The third-order valence-corrected chi connectivity index (χ3v) is 2.91. The van der Waals surface area contributed by atoms with Gasteiger partial charge >= 0.3 is 6.61 Å². The maximum Gasteiger partial charge on any atom is 0.387 e. The molecule has 0 spiro atoms. The van der Waals surface area contributed by atoms with Crippen LogP contribution in [0.4, 0.5) is 26.2 Å². The Morgan fingerprint density at radius 2 is 1.81 bits per heavy atom. The largest absolute Gasteiger partial charge is 0.432 e. The molecule has 0 saturated carbocycles. The number of aromatic nitrogens is 2. The number of benzene rings is 1. The standard InChI is InChI=1S/C12H10Cl2F2N4O/c1-5-2-9(20-12(17)18-5)19-6-3-7(13)10(8(14)4-6)21-11(15)16/h2-4,11H,1H3,(H3,17,18,19,20). The van der Waals surface area contributed by atoms with Crippen LogP contribution in [0.1, 0.15) is 5.69 Å². The Kier molecular flexibility index (Phi) is 4.64. The number of halogens is 4. The van der Waals surface area contributed by atoms with Crippen LogP contribution in [0.5, 0.6) is 5.75 Å². The van der Waals surface area contributed by atoms with Crippen molar-refractivity contribution in [3.05, 3.63) is 33.9 Å². The highest BCUT2D eigenvalue weighted by Gasteiger charge is 2.14. The van der Waals surface area contributed by atoms with E-state index in [1.165, 1.54) is 12.1 Å². The summed E-state index contributed by atoms with van der Waals surface area (Å²) in [7, 11) is 0. The molecule has 5 nitrogen and oxygen atoms in total. The molecule has 0 bridgehead atoms. The number of nitrogens with one attached hydrogen (secondary N) is 1. The lowest BCUT2D eigenvalue weighted by Crippen LogP contribution is -2.04. The number of hydrogen-bond donors (Lipinski definition) is 2. The first-order chi connectivity index (χ1) is 9.85. The van der Waals surface area contributed by atoms with Gasteiger partial charge in [0.25, 0.3) is 0 Å². The van der Waals surface area contributed by atoms with E-state index in [4.69, 9.17) is 28.9 Å². The lowest BCUT2D eigenvalue weighted by molar-refractivity contribution is -0.0497. The van der Waals surface area contributed by atoms with Crippen LogP contribution in [-0.4, -0.2) is 16.6 Å². The summed E-state index contributed by atoms with van der Waals surface area (Å²) >= 11 is 11.7. The highest BCUT2D eigenvalue weighted by molar-refractivity contribution is 6.37. The van der Waals surface area contributed by atoms with Crippen molar-refractivity contribution in [1.82, 2.24) is 9.97 Å². The molecule has 0 fully saturated rings. The van der Waals surface area contributed by atoms with Gasteiger partial charge in [-0.1, -0.05) is 23.2 Å². The maximum absolute atomic E-state index is 12.2. The van der Waals surface area contributed by atoms with Crippen LogP contribution in [0.25, 0.3) is 0 Å². The Labute approximate surface area is 129 Å². The lowest BCUT2D eigenvalue weighted by Gasteiger charge is -2.12. The Morgan fingerprint density at radius 1 is 1.19 bits per heavy atom. The molecule has 0 atom stereocenters. The van der Waals surface area contributed by atoms with E-state index in [0.29, 0.717) is 17.2 Å². The van der Waals surface area contributed by atoms with Gasteiger partial charge in [0.1, 0.15) is 5.82 Å². The van der Waals surface area contributed by atoms with Gasteiger partial charge in [0.2, 0.25) is 5.95 Å². The van der Waals surface area contributed by atoms with Crippen LogP contribution >= 0.6 is 23.2 Å². The van der Waals surface area contributed by atoms with Gasteiger partial charge in [0.05, 0.1) is 10.0 Å². The minimum absolute atomic E-state index is 0.0518. The average molecular weight is 335 g/mol. The molecule has 21 heavy (non-hydrogen) atoms. The Hall–Kier alpha value is -1.86. The van der Waals surface area contributed by atoms with Gasteiger partial charge in [-0.15, -0.1) is 0 Å². The molecular formula is C12H10Cl2F2N4O. The van der Waals surface area contributed by atoms with Crippen molar-refractivity contribution < 1.29 is 13.5 Å². The third kappa shape index (κ3) is 4.05. The van der Waals surface area contributed by atoms with Gasteiger partial charge in [-0.3, -0.25) is 0 Å². The fourth-order valence-electron chi connectivity index (χ4n) is 1.64. The topological polar surface area (TPSA) is 73.1 Å². The first kappa shape index (κ1) is 15.5. The number of ether oxygens (including phenoxy) is 1. The maximum atomic E-state index is 12.2. The molecule has 1 aromatic carbocycles. The SMILES string of the molecule is Cc1cc(Nc2cc(Cl)c(OC(F)F)c(Cl)c2)nc(N)n1. The van der Waals surface area contributed by atoms with E-state index in [9.17, 15) is 8.78 Å². The van der Waals surface area contributed by atoms with Crippen LogP contribution in [-0.2, 0) is 0 Å². The molecular weight excluding hydrogens is 325 g/mol. The summed E-state index contributed by atoms with van der Waals surface area (Å²) in [6, 6.07) is 4.43. The first-order valence-electron chi connectivity index (χ1n) is 5.67. The van der Waals surface area contributed by atoms with E-state index in [-0.39, 0.29) is 21.7 Å². The van der Waals surface area contributed by atoms with Gasteiger partial charge < -0.3 is 15.8 Å². The van der Waals surface area contributed by atoms with Gasteiger partial charge in [-0.05, 0) is 19.1 Å². The Bertz CT molecular complexity index is 626. The van der Waals surface area contributed by atoms with Crippen LogP contribution in [0.15, 0.2) is 18.2 Å². The fraction of sp³-hybridized carbons (Fsp3) is 0.167. The summed E-state index contributed by atoms with van der Waals surface area (Å²) in [4.78, 5) is 7.91.